The Kier molecular flexibility index (Phi) is 9.90. The van der Waals surface area contributed by atoms with Crippen LogP contribution < -0.4 is 15.5 Å². The highest BCUT2D eigenvalue weighted by atomic mass is 16.5. The van der Waals surface area contributed by atoms with Gasteiger partial charge in [0.05, 0.1) is 19.8 Å². The van der Waals surface area contributed by atoms with Crippen LogP contribution in [0, 0.1) is 0 Å². The number of rotatable bonds is 10. The van der Waals surface area contributed by atoms with Gasteiger partial charge in [-0.05, 0) is 38.3 Å². The number of aliphatic imine (C=N–C) groups is 1. The summed E-state index contributed by atoms with van der Waals surface area (Å²) < 4.78 is 10.8. The Labute approximate surface area is 158 Å². The van der Waals surface area contributed by atoms with Crippen molar-refractivity contribution in [2.45, 2.75) is 33.2 Å². The average molecular weight is 363 g/mol. The normalized spacial score (nSPS) is 15.2. The van der Waals surface area contributed by atoms with Crippen molar-refractivity contribution in [1.29, 1.82) is 0 Å². The zero-order chi connectivity index (χ0) is 18.5. The van der Waals surface area contributed by atoms with E-state index in [1.807, 2.05) is 6.92 Å². The van der Waals surface area contributed by atoms with E-state index in [1.165, 1.54) is 11.3 Å². The molecule has 0 radical (unpaired) electrons. The van der Waals surface area contributed by atoms with Gasteiger partial charge in [-0.1, -0.05) is 18.2 Å². The monoisotopic (exact) mass is 362 g/mol. The van der Waals surface area contributed by atoms with Gasteiger partial charge in [0.2, 0.25) is 0 Å². The number of anilines is 1. The van der Waals surface area contributed by atoms with Crippen LogP contribution in [0.2, 0.25) is 0 Å². The second-order valence-electron chi connectivity index (χ2n) is 6.25. The molecule has 0 aromatic heterocycles. The van der Waals surface area contributed by atoms with Crippen LogP contribution in [-0.4, -0.2) is 58.6 Å². The van der Waals surface area contributed by atoms with Crippen LogP contribution in [0.3, 0.4) is 0 Å². The maximum atomic E-state index is 5.47. The first-order valence-corrected chi connectivity index (χ1v) is 9.85. The molecular weight excluding hydrogens is 328 g/mol. The number of morpholine rings is 1. The first-order chi connectivity index (χ1) is 12.8. The number of guanidine groups is 1. The highest BCUT2D eigenvalue weighted by Gasteiger charge is 2.14. The zero-order valence-corrected chi connectivity index (χ0v) is 16.3. The van der Waals surface area contributed by atoms with Gasteiger partial charge in [-0.25, -0.2) is 4.99 Å². The predicted molar refractivity (Wildman–Crippen MR) is 108 cm³/mol. The molecule has 2 rings (SSSR count). The number of nitrogens with one attached hydrogen (secondary N) is 2. The van der Waals surface area contributed by atoms with Crippen molar-refractivity contribution in [3.63, 3.8) is 0 Å². The van der Waals surface area contributed by atoms with Crippen molar-refractivity contribution in [2.75, 3.05) is 57.5 Å². The molecule has 1 heterocycles. The van der Waals surface area contributed by atoms with Crippen LogP contribution in [0.5, 0.6) is 0 Å². The molecule has 6 heteroatoms. The Hall–Kier alpha value is -1.79. The Balaban J connectivity index is 1.89. The molecule has 0 amide bonds. The van der Waals surface area contributed by atoms with Gasteiger partial charge in [-0.2, -0.15) is 0 Å². The molecule has 146 valence electrons. The van der Waals surface area contributed by atoms with Gasteiger partial charge in [0, 0.05) is 45.1 Å². The van der Waals surface area contributed by atoms with E-state index in [0.29, 0.717) is 6.54 Å². The van der Waals surface area contributed by atoms with Crippen LogP contribution in [0.4, 0.5) is 5.69 Å². The van der Waals surface area contributed by atoms with E-state index in [2.05, 4.69) is 46.7 Å². The van der Waals surface area contributed by atoms with Crippen LogP contribution in [0.15, 0.2) is 29.3 Å². The summed E-state index contributed by atoms with van der Waals surface area (Å²) in [6.45, 7) is 11.7. The van der Waals surface area contributed by atoms with E-state index in [-0.39, 0.29) is 0 Å². The number of nitrogens with zero attached hydrogens (tertiary/aromatic N) is 2. The van der Waals surface area contributed by atoms with E-state index in [0.717, 1.165) is 71.4 Å². The molecule has 0 aliphatic carbocycles. The molecule has 2 N–H and O–H groups in total. The Morgan fingerprint density at radius 3 is 2.73 bits per heavy atom. The second-order valence-corrected chi connectivity index (χ2v) is 6.25. The average Bonchev–Trinajstić information content (AvgIpc) is 2.69. The first kappa shape index (κ1) is 20.5. The van der Waals surface area contributed by atoms with Crippen molar-refractivity contribution in [1.82, 2.24) is 10.6 Å². The smallest absolute Gasteiger partial charge is 0.191 e. The topological polar surface area (TPSA) is 58.1 Å². The van der Waals surface area contributed by atoms with Crippen molar-refractivity contribution in [3.05, 3.63) is 29.8 Å². The summed E-state index contributed by atoms with van der Waals surface area (Å²) >= 11 is 0. The molecular formula is C20H34N4O2. The standard InChI is InChI=1S/C20H34N4O2/c1-3-21-20(22-11-7-8-14-25-4-2)23-17-18-9-5-6-10-19(18)24-12-15-26-16-13-24/h5-6,9-10H,3-4,7-8,11-17H2,1-2H3,(H2,21,22,23). The lowest BCUT2D eigenvalue weighted by atomic mass is 10.1. The van der Waals surface area contributed by atoms with Gasteiger partial charge in [0.1, 0.15) is 0 Å². The molecule has 0 spiro atoms. The van der Waals surface area contributed by atoms with E-state index in [4.69, 9.17) is 14.5 Å². The van der Waals surface area contributed by atoms with Crippen molar-refractivity contribution in [2.24, 2.45) is 4.99 Å². The summed E-state index contributed by atoms with van der Waals surface area (Å²) in [6.07, 6.45) is 2.15. The van der Waals surface area contributed by atoms with Gasteiger partial charge in [-0.15, -0.1) is 0 Å². The third-order valence-electron chi connectivity index (χ3n) is 4.31. The number of hydrogen-bond acceptors (Lipinski definition) is 4. The molecule has 1 aliphatic heterocycles. The lowest BCUT2D eigenvalue weighted by molar-refractivity contribution is 0.122. The minimum absolute atomic E-state index is 0.668. The first-order valence-electron chi connectivity index (χ1n) is 9.85. The molecule has 0 unspecified atom stereocenters. The number of para-hydroxylation sites is 1. The summed E-state index contributed by atoms with van der Waals surface area (Å²) in [5.41, 5.74) is 2.52. The van der Waals surface area contributed by atoms with Gasteiger partial charge < -0.3 is 25.0 Å². The van der Waals surface area contributed by atoms with Crippen molar-refractivity contribution >= 4 is 11.6 Å². The van der Waals surface area contributed by atoms with Gasteiger partial charge in [0.15, 0.2) is 5.96 Å². The summed E-state index contributed by atoms with van der Waals surface area (Å²) in [4.78, 5) is 7.17. The molecule has 1 aliphatic rings. The number of benzene rings is 1. The minimum Gasteiger partial charge on any atom is -0.382 e. The molecule has 0 bridgehead atoms. The quantitative estimate of drug-likeness (QED) is 0.380. The van der Waals surface area contributed by atoms with E-state index in [1.54, 1.807) is 0 Å². The molecule has 1 aromatic rings. The Morgan fingerprint density at radius 2 is 1.96 bits per heavy atom. The highest BCUT2D eigenvalue weighted by Crippen LogP contribution is 2.22. The maximum absolute atomic E-state index is 5.47. The molecule has 1 saturated heterocycles. The van der Waals surface area contributed by atoms with E-state index >= 15 is 0 Å². The predicted octanol–water partition coefficient (Wildman–Crippen LogP) is 2.40. The minimum atomic E-state index is 0.668. The van der Waals surface area contributed by atoms with E-state index < -0.39 is 0 Å². The molecule has 1 fully saturated rings. The number of ether oxygens (including phenoxy) is 2. The van der Waals surface area contributed by atoms with E-state index in [9.17, 15) is 0 Å². The van der Waals surface area contributed by atoms with Crippen LogP contribution in [0.25, 0.3) is 0 Å². The van der Waals surface area contributed by atoms with Crippen LogP contribution in [-0.2, 0) is 16.0 Å². The number of unbranched alkanes of at least 4 members (excludes halogenated alkanes) is 1. The summed E-state index contributed by atoms with van der Waals surface area (Å²) in [5.74, 6) is 0.876. The largest absolute Gasteiger partial charge is 0.382 e. The SMILES string of the molecule is CCNC(=NCc1ccccc1N1CCOCC1)NCCCCOCC. The summed E-state index contributed by atoms with van der Waals surface area (Å²) in [6, 6.07) is 8.53. The van der Waals surface area contributed by atoms with Gasteiger partial charge in [-0.3, -0.25) is 0 Å². The Morgan fingerprint density at radius 1 is 1.15 bits per heavy atom. The summed E-state index contributed by atoms with van der Waals surface area (Å²) in [7, 11) is 0. The highest BCUT2D eigenvalue weighted by molar-refractivity contribution is 5.79. The molecule has 0 saturated carbocycles. The lowest BCUT2D eigenvalue weighted by Gasteiger charge is -2.30. The van der Waals surface area contributed by atoms with Crippen molar-refractivity contribution in [3.8, 4) is 0 Å². The molecule has 6 nitrogen and oxygen atoms in total. The van der Waals surface area contributed by atoms with Gasteiger partial charge in [0.25, 0.3) is 0 Å². The third kappa shape index (κ3) is 7.22. The number of hydrogen-bond donors (Lipinski definition) is 2. The maximum Gasteiger partial charge on any atom is 0.191 e. The van der Waals surface area contributed by atoms with Gasteiger partial charge >= 0.3 is 0 Å². The summed E-state index contributed by atoms with van der Waals surface area (Å²) in [5, 5.41) is 6.74. The third-order valence-corrected chi connectivity index (χ3v) is 4.31. The van der Waals surface area contributed by atoms with Crippen LogP contribution >= 0.6 is 0 Å². The Bertz CT molecular complexity index is 530. The van der Waals surface area contributed by atoms with Crippen LogP contribution in [0.1, 0.15) is 32.3 Å². The zero-order valence-electron chi connectivity index (χ0n) is 16.3. The molecule has 1 aromatic carbocycles. The van der Waals surface area contributed by atoms with Crippen molar-refractivity contribution < 1.29 is 9.47 Å². The fourth-order valence-electron chi connectivity index (χ4n) is 2.94. The molecule has 26 heavy (non-hydrogen) atoms. The fourth-order valence-corrected chi connectivity index (χ4v) is 2.94. The second kappa shape index (κ2) is 12.5. The fraction of sp³-hybridized carbons (Fsp3) is 0.650. The lowest BCUT2D eigenvalue weighted by Crippen LogP contribution is -2.38. The molecule has 0 atom stereocenters.